The van der Waals surface area contributed by atoms with E-state index >= 15 is 0 Å². The van der Waals surface area contributed by atoms with Gasteiger partial charge in [-0.25, -0.2) is 17.8 Å². The molecular formula is C48H65FN4O9S. The molecule has 2 bridgehead atoms. The summed E-state index contributed by atoms with van der Waals surface area (Å²) in [5.41, 5.74) is -0.933. The summed E-state index contributed by atoms with van der Waals surface area (Å²) in [5, 5.41) is 0.677. The zero-order valence-corrected chi connectivity index (χ0v) is 38.2. The Kier molecular flexibility index (Phi) is 12.8. The molecule has 4 heterocycles. The Morgan fingerprint density at radius 2 is 1.84 bits per heavy atom. The van der Waals surface area contributed by atoms with E-state index < -0.39 is 79.0 Å². The minimum Gasteiger partial charge on any atom is -0.492 e. The Hall–Kier alpha value is -4.11. The molecule has 0 radical (unpaired) electrons. The number of amides is 2. The lowest BCUT2D eigenvalue weighted by Crippen LogP contribution is -2.49. The molecule has 2 amide bonds. The van der Waals surface area contributed by atoms with Crippen LogP contribution in [0, 0.1) is 34.4 Å². The fourth-order valence-corrected chi connectivity index (χ4v) is 11.4. The van der Waals surface area contributed by atoms with Crippen molar-refractivity contribution in [1.29, 1.82) is 0 Å². The molecule has 0 spiro atoms. The zero-order valence-electron chi connectivity index (χ0n) is 37.4. The Labute approximate surface area is 371 Å². The Morgan fingerprint density at radius 1 is 1.08 bits per heavy atom. The summed E-state index contributed by atoms with van der Waals surface area (Å²) in [6.07, 6.45) is 9.40. The smallest absolute Gasteiger partial charge is 0.306 e. The van der Waals surface area contributed by atoms with Crippen LogP contribution in [0.3, 0.4) is 0 Å². The van der Waals surface area contributed by atoms with Crippen molar-refractivity contribution in [1.82, 2.24) is 19.5 Å². The van der Waals surface area contributed by atoms with Crippen molar-refractivity contribution in [3.8, 4) is 11.6 Å². The van der Waals surface area contributed by atoms with Gasteiger partial charge in [0.15, 0.2) is 5.78 Å². The van der Waals surface area contributed by atoms with Gasteiger partial charge in [-0.05, 0) is 114 Å². The van der Waals surface area contributed by atoms with E-state index in [9.17, 15) is 32.0 Å². The van der Waals surface area contributed by atoms with E-state index in [1.54, 1.807) is 19.1 Å². The van der Waals surface area contributed by atoms with Crippen LogP contribution in [0.5, 0.6) is 11.6 Å². The number of Topliss-reactive ketones (excluding diaryl/α,β-unsaturated/α-hetero) is 1. The number of esters is 1. The number of allylic oxidation sites excluding steroid dienone is 1. The molecule has 3 aliphatic carbocycles. The van der Waals surface area contributed by atoms with Crippen molar-refractivity contribution in [2.75, 3.05) is 32.8 Å². The number of sulfonamides is 1. The van der Waals surface area contributed by atoms with Gasteiger partial charge in [-0.3, -0.25) is 23.9 Å². The molecule has 5 fully saturated rings. The Bertz CT molecular complexity index is 2230. The average molecular weight is 893 g/mol. The molecule has 0 unspecified atom stereocenters. The van der Waals surface area contributed by atoms with E-state index in [4.69, 9.17) is 19.2 Å². The van der Waals surface area contributed by atoms with Crippen LogP contribution in [-0.2, 0) is 40.4 Å². The molecule has 344 valence electrons. The van der Waals surface area contributed by atoms with Crippen LogP contribution in [0.4, 0.5) is 4.39 Å². The molecule has 8 rings (SSSR count). The largest absolute Gasteiger partial charge is 0.492 e. The SMILES string of the molecule is C=C[C@@H]1C[C@]1(CC(=O)[C@@H]1C[C@@H]2CN1C(=O)[C@H](C(C)(C)C)CC(=O)O[C@@H]1C[C@H]1CCCCCc1c(nc3cc(F)ccc3c1OCCCN1CCCC1)O2)C(=O)NS(=O)(=O)C1(C)CC1. The number of rotatable bonds is 12. The number of pyridine rings is 1. The number of halogens is 1. The second-order valence-corrected chi connectivity index (χ2v) is 22.8. The van der Waals surface area contributed by atoms with Gasteiger partial charge in [-0.15, -0.1) is 6.58 Å². The van der Waals surface area contributed by atoms with Crippen molar-refractivity contribution in [2.24, 2.45) is 28.6 Å². The first-order valence-electron chi connectivity index (χ1n) is 23.3. The van der Waals surface area contributed by atoms with Crippen LogP contribution in [0.25, 0.3) is 10.9 Å². The molecule has 3 aliphatic heterocycles. The van der Waals surface area contributed by atoms with Gasteiger partial charge in [0.05, 0.1) is 52.8 Å². The van der Waals surface area contributed by atoms with Gasteiger partial charge in [0.25, 0.3) is 0 Å². The van der Waals surface area contributed by atoms with Crippen LogP contribution >= 0.6 is 0 Å². The zero-order chi connectivity index (χ0) is 44.9. The molecule has 2 aromatic rings. The summed E-state index contributed by atoms with van der Waals surface area (Å²) < 4.78 is 61.9. The number of aromatic nitrogens is 1. The molecule has 1 aromatic heterocycles. The highest BCUT2D eigenvalue weighted by Crippen LogP contribution is 2.57. The van der Waals surface area contributed by atoms with Gasteiger partial charge < -0.3 is 24.0 Å². The molecule has 1 aromatic carbocycles. The molecule has 2 saturated heterocycles. The number of likely N-dealkylation sites (tertiary alicyclic amines) is 1. The lowest BCUT2D eigenvalue weighted by molar-refractivity contribution is -0.154. The van der Waals surface area contributed by atoms with E-state index in [1.807, 2.05) is 20.8 Å². The van der Waals surface area contributed by atoms with Gasteiger partial charge in [0.2, 0.25) is 27.7 Å². The van der Waals surface area contributed by atoms with Crippen LogP contribution in [0.15, 0.2) is 30.9 Å². The van der Waals surface area contributed by atoms with E-state index in [-0.39, 0.29) is 50.1 Å². The number of benzene rings is 1. The molecule has 7 atom stereocenters. The van der Waals surface area contributed by atoms with Crippen LogP contribution in [-0.4, -0.2) is 103 Å². The predicted octanol–water partition coefficient (Wildman–Crippen LogP) is 6.84. The summed E-state index contributed by atoms with van der Waals surface area (Å²) >= 11 is 0. The lowest BCUT2D eigenvalue weighted by atomic mass is 9.77. The molecular weight excluding hydrogens is 828 g/mol. The van der Waals surface area contributed by atoms with Gasteiger partial charge >= 0.3 is 5.97 Å². The quantitative estimate of drug-likeness (QED) is 0.135. The van der Waals surface area contributed by atoms with Gasteiger partial charge in [0.1, 0.15) is 23.8 Å². The summed E-state index contributed by atoms with van der Waals surface area (Å²) in [5.74, 6) is -2.65. The maximum absolute atomic E-state index is 14.9. The number of ether oxygens (including phenoxy) is 3. The Balaban J connectivity index is 1.13. The first-order valence-corrected chi connectivity index (χ1v) is 24.8. The maximum atomic E-state index is 14.9. The maximum Gasteiger partial charge on any atom is 0.306 e. The van der Waals surface area contributed by atoms with Crippen molar-refractivity contribution >= 4 is 44.5 Å². The number of carbonyl (C=O) groups excluding carboxylic acids is 4. The minimum atomic E-state index is -3.99. The monoisotopic (exact) mass is 892 g/mol. The van der Waals surface area contributed by atoms with Gasteiger partial charge in [-0.1, -0.05) is 39.7 Å². The van der Waals surface area contributed by atoms with E-state index in [0.717, 1.165) is 63.7 Å². The second-order valence-electron chi connectivity index (χ2n) is 20.6. The third-order valence-corrected chi connectivity index (χ3v) is 16.9. The molecule has 3 saturated carbocycles. The van der Waals surface area contributed by atoms with Crippen molar-refractivity contribution in [3.63, 3.8) is 0 Å². The van der Waals surface area contributed by atoms with Crippen LogP contribution in [0.2, 0.25) is 0 Å². The first kappa shape index (κ1) is 45.5. The summed E-state index contributed by atoms with van der Waals surface area (Å²) in [7, 11) is -3.99. The van der Waals surface area contributed by atoms with Crippen molar-refractivity contribution in [2.45, 2.75) is 147 Å². The van der Waals surface area contributed by atoms with Crippen LogP contribution < -0.4 is 14.2 Å². The van der Waals surface area contributed by atoms with Gasteiger partial charge in [0, 0.05) is 30.8 Å². The Morgan fingerprint density at radius 3 is 2.54 bits per heavy atom. The minimum absolute atomic E-state index is 0.0211. The number of hydrogen-bond acceptors (Lipinski definition) is 11. The lowest BCUT2D eigenvalue weighted by Gasteiger charge is -2.34. The number of nitrogens with one attached hydrogen (secondary N) is 1. The molecule has 13 nitrogen and oxygen atoms in total. The summed E-state index contributed by atoms with van der Waals surface area (Å²) in [4.78, 5) is 65.9. The number of nitrogens with zero attached hydrogens (tertiary/aromatic N) is 3. The molecule has 1 N–H and O–H groups in total. The highest BCUT2D eigenvalue weighted by molar-refractivity contribution is 7.91. The normalized spacial score (nSPS) is 30.0. The summed E-state index contributed by atoms with van der Waals surface area (Å²) in [6, 6.07) is 3.40. The molecule has 63 heavy (non-hydrogen) atoms. The second kappa shape index (κ2) is 17.7. The number of hydrogen-bond donors (Lipinski definition) is 1. The van der Waals surface area contributed by atoms with E-state index in [1.165, 1.54) is 29.9 Å². The average Bonchev–Trinajstić information content (AvgIpc) is 4.17. The first-order chi connectivity index (χ1) is 29.9. The number of fused-ring (bicyclic) bond motifs is 5. The standard InChI is InChI=1S/C48H65FN4O9S/c1-6-31-27-48(31,45(57)51-63(58,59)47(5)17-18-47)28-39(54)38-25-33-29-53(38)44(56)36(46(2,3)4)26-41(55)62-40-23-30(40)13-8-7-9-14-35-42(60-22-12-21-52-19-10-11-20-52)34-16-15-32(49)24-37(34)50-43(35)61-33/h6,15-16,24,30-31,33,36,38,40H,1,7-14,17-23,25-29H2,2-5H3,(H,51,57)/t30-,31-,33-,36-,38+,40-,48-/m1/s1. The fraction of sp³-hybridized carbons (Fsp3) is 0.688. The molecule has 15 heteroatoms. The third kappa shape index (κ3) is 9.79. The predicted molar refractivity (Wildman–Crippen MR) is 235 cm³/mol. The van der Waals surface area contributed by atoms with E-state index in [0.29, 0.717) is 42.5 Å². The van der Waals surface area contributed by atoms with Gasteiger partial charge in [-0.2, -0.15) is 0 Å². The van der Waals surface area contributed by atoms with Crippen molar-refractivity contribution in [3.05, 3.63) is 42.2 Å². The number of ketones is 1. The third-order valence-electron chi connectivity index (χ3n) is 14.8. The molecule has 6 aliphatic rings. The van der Waals surface area contributed by atoms with E-state index in [2.05, 4.69) is 16.2 Å². The van der Waals surface area contributed by atoms with Crippen molar-refractivity contribution < 1.29 is 46.2 Å². The number of carbonyl (C=O) groups is 4. The van der Waals surface area contributed by atoms with Crippen LogP contribution in [0.1, 0.15) is 123 Å². The topological polar surface area (TPSA) is 162 Å². The highest BCUT2D eigenvalue weighted by atomic mass is 32.2. The highest BCUT2D eigenvalue weighted by Gasteiger charge is 2.62. The summed E-state index contributed by atoms with van der Waals surface area (Å²) in [6.45, 7) is 14.6. The fourth-order valence-electron chi connectivity index (χ4n) is 10.1.